The molecule has 0 atom stereocenters. The Labute approximate surface area is 116 Å². The third-order valence-electron chi connectivity index (χ3n) is 2.87. The fourth-order valence-corrected chi connectivity index (χ4v) is 2.05. The van der Waals surface area contributed by atoms with E-state index >= 15 is 0 Å². The molecule has 2 nitrogen and oxygen atoms in total. The van der Waals surface area contributed by atoms with Crippen molar-refractivity contribution in [3.8, 4) is 6.07 Å². The van der Waals surface area contributed by atoms with Crippen LogP contribution in [0.4, 0.5) is 10.1 Å². The topological polar surface area (TPSA) is 35.8 Å². The van der Waals surface area contributed by atoms with E-state index < -0.39 is 0 Å². The molecule has 0 saturated carbocycles. The molecule has 0 aliphatic carbocycles. The van der Waals surface area contributed by atoms with Gasteiger partial charge in [0.1, 0.15) is 11.9 Å². The third-order valence-corrected chi connectivity index (χ3v) is 3.22. The summed E-state index contributed by atoms with van der Waals surface area (Å²) in [5.74, 6) is -0.359. The molecule has 0 bridgehead atoms. The summed E-state index contributed by atoms with van der Waals surface area (Å²) in [5, 5.41) is 12.6. The van der Waals surface area contributed by atoms with Crippen LogP contribution in [-0.4, -0.2) is 0 Å². The van der Waals surface area contributed by atoms with Gasteiger partial charge in [-0.2, -0.15) is 5.26 Å². The number of anilines is 1. The van der Waals surface area contributed by atoms with Crippen LogP contribution in [0.1, 0.15) is 16.7 Å². The smallest absolute Gasteiger partial charge is 0.124 e. The van der Waals surface area contributed by atoms with Crippen molar-refractivity contribution in [1.82, 2.24) is 0 Å². The van der Waals surface area contributed by atoms with Crippen molar-refractivity contribution in [2.45, 2.75) is 13.5 Å². The van der Waals surface area contributed by atoms with Gasteiger partial charge in [0, 0.05) is 11.6 Å². The number of nitriles is 1. The van der Waals surface area contributed by atoms with Gasteiger partial charge in [-0.1, -0.05) is 29.8 Å². The van der Waals surface area contributed by atoms with Crippen molar-refractivity contribution >= 4 is 17.3 Å². The summed E-state index contributed by atoms with van der Waals surface area (Å²) >= 11 is 5.96. The second kappa shape index (κ2) is 5.73. The normalized spacial score (nSPS) is 10.0. The summed E-state index contributed by atoms with van der Waals surface area (Å²) in [6.45, 7) is 2.33. The summed E-state index contributed by atoms with van der Waals surface area (Å²) in [6.07, 6.45) is 0. The predicted molar refractivity (Wildman–Crippen MR) is 74.6 cm³/mol. The minimum atomic E-state index is -0.359. The standard InChI is InChI=1S/C15H12ClFN2/c1-10-3-2-4-15(13(10)8-18)19-9-11-5-6-12(17)7-14(11)16/h2-7,19H,9H2,1H3. The summed E-state index contributed by atoms with van der Waals surface area (Å²) in [5.41, 5.74) is 3.06. The minimum Gasteiger partial charge on any atom is -0.380 e. The van der Waals surface area contributed by atoms with Crippen molar-refractivity contribution in [3.05, 3.63) is 63.9 Å². The first-order valence-electron chi connectivity index (χ1n) is 5.79. The van der Waals surface area contributed by atoms with Crippen LogP contribution in [0.15, 0.2) is 36.4 Å². The lowest BCUT2D eigenvalue weighted by Crippen LogP contribution is -2.03. The van der Waals surface area contributed by atoms with Crippen molar-refractivity contribution in [2.24, 2.45) is 0 Å². The highest BCUT2D eigenvalue weighted by molar-refractivity contribution is 6.31. The van der Waals surface area contributed by atoms with Crippen LogP contribution in [0.5, 0.6) is 0 Å². The quantitative estimate of drug-likeness (QED) is 0.907. The molecule has 2 rings (SSSR count). The van der Waals surface area contributed by atoms with E-state index in [4.69, 9.17) is 16.9 Å². The van der Waals surface area contributed by atoms with Gasteiger partial charge in [0.05, 0.1) is 11.3 Å². The third kappa shape index (κ3) is 3.04. The molecule has 0 amide bonds. The number of hydrogen-bond donors (Lipinski definition) is 1. The second-order valence-corrected chi connectivity index (χ2v) is 4.61. The number of hydrogen-bond acceptors (Lipinski definition) is 2. The van der Waals surface area contributed by atoms with E-state index in [9.17, 15) is 4.39 Å². The molecule has 4 heteroatoms. The van der Waals surface area contributed by atoms with Crippen molar-refractivity contribution in [2.75, 3.05) is 5.32 Å². The van der Waals surface area contributed by atoms with Crippen LogP contribution in [0, 0.1) is 24.1 Å². The maximum Gasteiger partial charge on any atom is 0.124 e. The first kappa shape index (κ1) is 13.4. The highest BCUT2D eigenvalue weighted by atomic mass is 35.5. The highest BCUT2D eigenvalue weighted by Gasteiger charge is 2.06. The molecule has 0 heterocycles. The SMILES string of the molecule is Cc1cccc(NCc2ccc(F)cc2Cl)c1C#N. The molecule has 0 radical (unpaired) electrons. The number of nitrogens with one attached hydrogen (secondary N) is 1. The van der Waals surface area contributed by atoms with Crippen LogP contribution in [-0.2, 0) is 6.54 Å². The Morgan fingerprint density at radius 2 is 2.11 bits per heavy atom. The van der Waals surface area contributed by atoms with E-state index in [0.29, 0.717) is 17.1 Å². The van der Waals surface area contributed by atoms with Gasteiger partial charge in [-0.15, -0.1) is 0 Å². The van der Waals surface area contributed by atoms with E-state index in [1.54, 1.807) is 6.07 Å². The lowest BCUT2D eigenvalue weighted by molar-refractivity contribution is 0.627. The fourth-order valence-electron chi connectivity index (χ4n) is 1.82. The molecule has 2 aromatic rings. The van der Waals surface area contributed by atoms with E-state index in [1.807, 2.05) is 25.1 Å². The zero-order chi connectivity index (χ0) is 13.8. The number of benzene rings is 2. The molecule has 19 heavy (non-hydrogen) atoms. The molecule has 96 valence electrons. The van der Waals surface area contributed by atoms with Crippen LogP contribution < -0.4 is 5.32 Å². The molecule has 0 spiro atoms. The molecule has 0 aliphatic rings. The Bertz CT molecular complexity index is 647. The Morgan fingerprint density at radius 3 is 2.79 bits per heavy atom. The summed E-state index contributed by atoms with van der Waals surface area (Å²) in [6, 6.07) is 12.0. The second-order valence-electron chi connectivity index (χ2n) is 4.20. The highest BCUT2D eigenvalue weighted by Crippen LogP contribution is 2.22. The first-order chi connectivity index (χ1) is 9.11. The monoisotopic (exact) mass is 274 g/mol. The van der Waals surface area contributed by atoms with Crippen LogP contribution >= 0.6 is 11.6 Å². The molecule has 0 fully saturated rings. The fraction of sp³-hybridized carbons (Fsp3) is 0.133. The predicted octanol–water partition coefficient (Wildman–Crippen LogP) is 4.27. The zero-order valence-corrected chi connectivity index (χ0v) is 11.1. The molecule has 0 aliphatic heterocycles. The maximum absolute atomic E-state index is 12.9. The van der Waals surface area contributed by atoms with Gasteiger partial charge in [-0.05, 0) is 36.2 Å². The van der Waals surface area contributed by atoms with E-state index in [0.717, 1.165) is 16.8 Å². The molecule has 2 aromatic carbocycles. The number of aryl methyl sites for hydroxylation is 1. The molecule has 0 unspecified atom stereocenters. The summed E-state index contributed by atoms with van der Waals surface area (Å²) in [4.78, 5) is 0. The van der Waals surface area contributed by atoms with Gasteiger partial charge >= 0.3 is 0 Å². The largest absolute Gasteiger partial charge is 0.380 e. The molecule has 0 aromatic heterocycles. The molecule has 0 saturated heterocycles. The summed E-state index contributed by atoms with van der Waals surface area (Å²) < 4.78 is 12.9. The van der Waals surface area contributed by atoms with E-state index in [-0.39, 0.29) is 5.82 Å². The molecular formula is C15H12ClFN2. The average Bonchev–Trinajstić information content (AvgIpc) is 2.38. The van der Waals surface area contributed by atoms with Crippen molar-refractivity contribution < 1.29 is 4.39 Å². The van der Waals surface area contributed by atoms with Gasteiger partial charge in [0.15, 0.2) is 0 Å². The lowest BCUT2D eigenvalue weighted by atomic mass is 10.1. The van der Waals surface area contributed by atoms with Gasteiger partial charge in [-0.3, -0.25) is 0 Å². The minimum absolute atomic E-state index is 0.359. The number of rotatable bonds is 3. The number of nitrogens with zero attached hydrogens (tertiary/aromatic N) is 1. The van der Waals surface area contributed by atoms with Crippen LogP contribution in [0.2, 0.25) is 5.02 Å². The van der Waals surface area contributed by atoms with Crippen molar-refractivity contribution in [1.29, 1.82) is 5.26 Å². The number of halogens is 2. The lowest BCUT2D eigenvalue weighted by Gasteiger charge is -2.11. The van der Waals surface area contributed by atoms with E-state index in [1.165, 1.54) is 12.1 Å². The molecular weight excluding hydrogens is 263 g/mol. The Morgan fingerprint density at radius 1 is 1.32 bits per heavy atom. The maximum atomic E-state index is 12.9. The van der Waals surface area contributed by atoms with Gasteiger partial charge < -0.3 is 5.32 Å². The van der Waals surface area contributed by atoms with Gasteiger partial charge in [-0.25, -0.2) is 4.39 Å². The first-order valence-corrected chi connectivity index (χ1v) is 6.17. The summed E-state index contributed by atoms with van der Waals surface area (Å²) in [7, 11) is 0. The van der Waals surface area contributed by atoms with Gasteiger partial charge in [0.2, 0.25) is 0 Å². The zero-order valence-electron chi connectivity index (χ0n) is 10.4. The Balaban J connectivity index is 2.20. The van der Waals surface area contributed by atoms with E-state index in [2.05, 4.69) is 11.4 Å². The van der Waals surface area contributed by atoms with Crippen LogP contribution in [0.3, 0.4) is 0 Å². The Hall–Kier alpha value is -2.05. The average molecular weight is 275 g/mol. The molecule has 1 N–H and O–H groups in total. The van der Waals surface area contributed by atoms with Gasteiger partial charge in [0.25, 0.3) is 0 Å². The Kier molecular flexibility index (Phi) is 4.03. The van der Waals surface area contributed by atoms with Crippen molar-refractivity contribution in [3.63, 3.8) is 0 Å². The van der Waals surface area contributed by atoms with Crippen LogP contribution in [0.25, 0.3) is 0 Å².